The van der Waals surface area contributed by atoms with Crippen molar-refractivity contribution in [3.63, 3.8) is 0 Å². The van der Waals surface area contributed by atoms with Gasteiger partial charge < -0.3 is 20.1 Å². The minimum Gasteiger partial charge on any atom is -0.497 e. The number of likely N-dealkylation sites (N-methyl/N-ethyl adjacent to an activating group) is 1. The molecule has 0 heterocycles. The number of hydrogen-bond acceptors (Lipinski definition) is 4. The normalized spacial score (nSPS) is 10.2. The molecule has 0 aliphatic rings. The molecule has 0 spiro atoms. The lowest BCUT2D eigenvalue weighted by molar-refractivity contribution is 0.323. The number of rotatable bonds is 7. The first-order valence-corrected chi connectivity index (χ1v) is 7.11. The number of para-hydroxylation sites is 2. The minimum atomic E-state index is 0.606. The zero-order valence-electron chi connectivity index (χ0n) is 12.6. The van der Waals surface area contributed by atoms with Crippen molar-refractivity contribution in [2.75, 3.05) is 37.4 Å². The second kappa shape index (κ2) is 7.43. The van der Waals surface area contributed by atoms with Crippen molar-refractivity contribution >= 4 is 11.4 Å². The highest BCUT2D eigenvalue weighted by Gasteiger charge is 2.07. The topological polar surface area (TPSA) is 47.7 Å². The van der Waals surface area contributed by atoms with E-state index in [0.717, 1.165) is 36.0 Å². The predicted octanol–water partition coefficient (Wildman–Crippen LogP) is 3.18. The Hall–Kier alpha value is -2.36. The molecule has 0 unspecified atom stereocenters. The smallest absolute Gasteiger partial charge is 0.119 e. The van der Waals surface area contributed by atoms with Crippen molar-refractivity contribution in [3.8, 4) is 11.5 Å². The monoisotopic (exact) mass is 286 g/mol. The minimum absolute atomic E-state index is 0.606. The fourth-order valence-corrected chi connectivity index (χ4v) is 2.17. The van der Waals surface area contributed by atoms with E-state index in [1.165, 1.54) is 0 Å². The summed E-state index contributed by atoms with van der Waals surface area (Å²) < 4.78 is 10.9. The molecule has 4 nitrogen and oxygen atoms in total. The third kappa shape index (κ3) is 4.05. The van der Waals surface area contributed by atoms with Crippen LogP contribution in [0, 0.1) is 0 Å². The highest BCUT2D eigenvalue weighted by atomic mass is 16.5. The predicted molar refractivity (Wildman–Crippen MR) is 87.2 cm³/mol. The molecule has 112 valence electrons. The Morgan fingerprint density at radius 3 is 2.29 bits per heavy atom. The molecule has 2 rings (SSSR count). The fourth-order valence-electron chi connectivity index (χ4n) is 2.17. The zero-order chi connectivity index (χ0) is 15.1. The number of hydrogen-bond donors (Lipinski definition) is 1. The Bertz CT molecular complexity index is 555. The summed E-state index contributed by atoms with van der Waals surface area (Å²) in [5.74, 6) is 1.67. The number of ether oxygens (including phenoxy) is 2. The molecule has 0 fully saturated rings. The van der Waals surface area contributed by atoms with Gasteiger partial charge in [-0.25, -0.2) is 0 Å². The van der Waals surface area contributed by atoms with Crippen LogP contribution in [0.4, 0.5) is 11.4 Å². The van der Waals surface area contributed by atoms with Crippen molar-refractivity contribution < 1.29 is 9.47 Å². The molecule has 2 aromatic carbocycles. The van der Waals surface area contributed by atoms with Crippen LogP contribution in [-0.4, -0.2) is 26.8 Å². The van der Waals surface area contributed by atoms with Gasteiger partial charge in [-0.3, -0.25) is 0 Å². The van der Waals surface area contributed by atoms with Crippen LogP contribution in [0.2, 0.25) is 0 Å². The van der Waals surface area contributed by atoms with E-state index in [1.807, 2.05) is 48.5 Å². The van der Waals surface area contributed by atoms with Gasteiger partial charge in [-0.15, -0.1) is 0 Å². The molecular weight excluding hydrogens is 264 g/mol. The standard InChI is InChI=1S/C17H22N2O2/c1-3-19(17-7-5-4-6-16(17)18)12-13-21-15-10-8-14(20-2)9-11-15/h4-11H,3,12-13,18H2,1-2H3. The Morgan fingerprint density at radius 1 is 1.00 bits per heavy atom. The third-order valence-corrected chi connectivity index (χ3v) is 3.35. The van der Waals surface area contributed by atoms with Crippen LogP contribution >= 0.6 is 0 Å². The maximum absolute atomic E-state index is 6.02. The van der Waals surface area contributed by atoms with Gasteiger partial charge in [0.15, 0.2) is 0 Å². The maximum Gasteiger partial charge on any atom is 0.119 e. The molecule has 0 aromatic heterocycles. The summed E-state index contributed by atoms with van der Waals surface area (Å²) in [7, 11) is 1.65. The van der Waals surface area contributed by atoms with Crippen molar-refractivity contribution in [1.82, 2.24) is 0 Å². The van der Waals surface area contributed by atoms with Crippen LogP contribution < -0.4 is 20.1 Å². The van der Waals surface area contributed by atoms with Crippen molar-refractivity contribution in [3.05, 3.63) is 48.5 Å². The highest BCUT2D eigenvalue weighted by molar-refractivity contribution is 5.67. The van der Waals surface area contributed by atoms with Crippen molar-refractivity contribution in [2.45, 2.75) is 6.92 Å². The first-order valence-electron chi connectivity index (χ1n) is 7.11. The van der Waals surface area contributed by atoms with Crippen LogP contribution in [0.5, 0.6) is 11.5 Å². The molecule has 0 aliphatic heterocycles. The lowest BCUT2D eigenvalue weighted by atomic mass is 10.2. The van der Waals surface area contributed by atoms with E-state index in [1.54, 1.807) is 7.11 Å². The van der Waals surface area contributed by atoms with Gasteiger partial charge in [-0.1, -0.05) is 12.1 Å². The van der Waals surface area contributed by atoms with Gasteiger partial charge in [0.25, 0.3) is 0 Å². The van der Waals surface area contributed by atoms with Gasteiger partial charge in [0.2, 0.25) is 0 Å². The van der Waals surface area contributed by atoms with E-state index < -0.39 is 0 Å². The molecule has 0 amide bonds. The number of nitrogens with two attached hydrogens (primary N) is 1. The van der Waals surface area contributed by atoms with Crippen LogP contribution in [0.3, 0.4) is 0 Å². The fraction of sp³-hybridized carbons (Fsp3) is 0.294. The lowest BCUT2D eigenvalue weighted by Gasteiger charge is -2.24. The highest BCUT2D eigenvalue weighted by Crippen LogP contribution is 2.22. The van der Waals surface area contributed by atoms with E-state index in [4.69, 9.17) is 15.2 Å². The summed E-state index contributed by atoms with van der Waals surface area (Å²) in [6, 6.07) is 15.5. The molecule has 21 heavy (non-hydrogen) atoms. The summed E-state index contributed by atoms with van der Waals surface area (Å²) >= 11 is 0. The van der Waals surface area contributed by atoms with Crippen LogP contribution in [0.25, 0.3) is 0 Å². The second-order valence-electron chi connectivity index (χ2n) is 4.66. The van der Waals surface area contributed by atoms with E-state index in [0.29, 0.717) is 6.61 Å². The molecule has 0 atom stereocenters. The summed E-state index contributed by atoms with van der Waals surface area (Å²) in [6.45, 7) is 4.39. The van der Waals surface area contributed by atoms with Gasteiger partial charge in [-0.05, 0) is 43.3 Å². The first-order chi connectivity index (χ1) is 10.2. The molecule has 0 bridgehead atoms. The quantitative estimate of drug-likeness (QED) is 0.794. The molecular formula is C17H22N2O2. The summed E-state index contributed by atoms with van der Waals surface area (Å²) in [4.78, 5) is 2.21. The average Bonchev–Trinajstić information content (AvgIpc) is 2.53. The van der Waals surface area contributed by atoms with Crippen molar-refractivity contribution in [2.24, 2.45) is 0 Å². The van der Waals surface area contributed by atoms with Gasteiger partial charge in [0.05, 0.1) is 25.0 Å². The number of nitrogen functional groups attached to an aromatic ring is 1. The van der Waals surface area contributed by atoms with E-state index >= 15 is 0 Å². The van der Waals surface area contributed by atoms with E-state index in [-0.39, 0.29) is 0 Å². The Balaban J connectivity index is 1.90. The number of benzene rings is 2. The number of methoxy groups -OCH3 is 1. The van der Waals surface area contributed by atoms with E-state index in [2.05, 4.69) is 11.8 Å². The Labute approximate surface area is 126 Å². The third-order valence-electron chi connectivity index (χ3n) is 3.35. The molecule has 2 N–H and O–H groups in total. The summed E-state index contributed by atoms with van der Waals surface area (Å²) in [5.41, 5.74) is 7.86. The van der Waals surface area contributed by atoms with E-state index in [9.17, 15) is 0 Å². The van der Waals surface area contributed by atoms with Gasteiger partial charge in [-0.2, -0.15) is 0 Å². The molecule has 0 saturated carbocycles. The Kier molecular flexibility index (Phi) is 5.32. The largest absolute Gasteiger partial charge is 0.497 e. The zero-order valence-corrected chi connectivity index (χ0v) is 12.6. The Morgan fingerprint density at radius 2 is 1.67 bits per heavy atom. The van der Waals surface area contributed by atoms with Crippen LogP contribution in [0.15, 0.2) is 48.5 Å². The van der Waals surface area contributed by atoms with Crippen molar-refractivity contribution in [1.29, 1.82) is 0 Å². The molecule has 2 aromatic rings. The number of nitrogens with zero attached hydrogens (tertiary/aromatic N) is 1. The number of anilines is 2. The molecule has 0 radical (unpaired) electrons. The lowest BCUT2D eigenvalue weighted by Crippen LogP contribution is -2.28. The molecule has 0 aliphatic carbocycles. The average molecular weight is 286 g/mol. The van der Waals surface area contributed by atoms with Crippen LogP contribution in [0.1, 0.15) is 6.92 Å². The SMILES string of the molecule is CCN(CCOc1ccc(OC)cc1)c1ccccc1N. The van der Waals surface area contributed by atoms with Gasteiger partial charge in [0, 0.05) is 6.54 Å². The molecule has 0 saturated heterocycles. The maximum atomic E-state index is 6.02. The second-order valence-corrected chi connectivity index (χ2v) is 4.66. The summed E-state index contributed by atoms with van der Waals surface area (Å²) in [6.07, 6.45) is 0. The first kappa shape index (κ1) is 15.0. The van der Waals surface area contributed by atoms with Gasteiger partial charge in [0.1, 0.15) is 18.1 Å². The van der Waals surface area contributed by atoms with Gasteiger partial charge >= 0.3 is 0 Å². The summed E-state index contributed by atoms with van der Waals surface area (Å²) in [5, 5.41) is 0. The molecule has 4 heteroatoms. The van der Waals surface area contributed by atoms with Crippen LogP contribution in [-0.2, 0) is 0 Å².